The zero-order chi connectivity index (χ0) is 16.0. The van der Waals surface area contributed by atoms with Crippen molar-refractivity contribution in [2.75, 3.05) is 46.2 Å². The Kier molecular flexibility index (Phi) is 10.5. The zero-order valence-corrected chi connectivity index (χ0v) is 14.0. The maximum absolute atomic E-state index is 5.83. The van der Waals surface area contributed by atoms with Gasteiger partial charge >= 0.3 is 0 Å². The lowest BCUT2D eigenvalue weighted by Crippen LogP contribution is -2.14. The van der Waals surface area contributed by atoms with Crippen LogP contribution < -0.4 is 14.8 Å². The van der Waals surface area contributed by atoms with E-state index in [2.05, 4.69) is 12.2 Å². The molecule has 0 unspecified atom stereocenters. The molecule has 0 saturated carbocycles. The third-order valence-corrected chi connectivity index (χ3v) is 2.99. The monoisotopic (exact) mass is 311 g/mol. The van der Waals surface area contributed by atoms with E-state index in [0.717, 1.165) is 30.2 Å². The van der Waals surface area contributed by atoms with E-state index in [9.17, 15) is 0 Å². The molecule has 0 fully saturated rings. The smallest absolute Gasteiger partial charge is 0.127 e. The summed E-state index contributed by atoms with van der Waals surface area (Å²) in [6, 6.07) is 5.94. The molecule has 0 saturated heterocycles. The molecule has 5 nitrogen and oxygen atoms in total. The molecule has 5 heteroatoms. The molecule has 0 atom stereocenters. The largest absolute Gasteiger partial charge is 0.491 e. The van der Waals surface area contributed by atoms with Crippen LogP contribution in [0.15, 0.2) is 18.2 Å². The van der Waals surface area contributed by atoms with Gasteiger partial charge in [0.25, 0.3) is 0 Å². The van der Waals surface area contributed by atoms with E-state index in [0.29, 0.717) is 39.6 Å². The Hall–Kier alpha value is -1.30. The fraction of sp³-hybridized carbons (Fsp3) is 0.647. The minimum absolute atomic E-state index is 0.537. The van der Waals surface area contributed by atoms with Crippen molar-refractivity contribution in [3.8, 4) is 11.5 Å². The van der Waals surface area contributed by atoms with E-state index < -0.39 is 0 Å². The first-order valence-corrected chi connectivity index (χ1v) is 8.06. The van der Waals surface area contributed by atoms with Crippen molar-refractivity contribution in [2.45, 2.75) is 27.3 Å². The van der Waals surface area contributed by atoms with E-state index in [1.165, 1.54) is 0 Å². The van der Waals surface area contributed by atoms with Gasteiger partial charge in [0.2, 0.25) is 0 Å². The molecule has 0 bridgehead atoms. The van der Waals surface area contributed by atoms with Gasteiger partial charge in [0.1, 0.15) is 24.7 Å². The van der Waals surface area contributed by atoms with Crippen molar-refractivity contribution in [1.82, 2.24) is 5.32 Å². The second-order valence-corrected chi connectivity index (χ2v) is 4.64. The van der Waals surface area contributed by atoms with Gasteiger partial charge in [-0.05, 0) is 26.5 Å². The van der Waals surface area contributed by atoms with Crippen molar-refractivity contribution < 1.29 is 18.9 Å². The number of hydrogen-bond acceptors (Lipinski definition) is 5. The summed E-state index contributed by atoms with van der Waals surface area (Å²) in [5.41, 5.74) is 1.12. The second kappa shape index (κ2) is 12.3. The van der Waals surface area contributed by atoms with Crippen LogP contribution in [-0.4, -0.2) is 46.2 Å². The third kappa shape index (κ3) is 7.64. The summed E-state index contributed by atoms with van der Waals surface area (Å²) in [6.45, 7) is 11.4. The molecule has 1 aromatic rings. The summed E-state index contributed by atoms with van der Waals surface area (Å²) >= 11 is 0. The molecule has 0 aliphatic rings. The summed E-state index contributed by atoms with van der Waals surface area (Å²) in [5, 5.41) is 3.31. The molecule has 1 aromatic carbocycles. The first-order chi connectivity index (χ1) is 10.8. The number of benzene rings is 1. The lowest BCUT2D eigenvalue weighted by atomic mass is 10.2. The standard InChI is InChI=1S/C17H29NO4/c1-4-18-14-15-7-8-16(21-11-9-19-5-2)13-17(15)22-12-10-20-6-3/h7-8,13,18H,4-6,9-12,14H2,1-3H3. The lowest BCUT2D eigenvalue weighted by molar-refractivity contribution is 0.107. The van der Waals surface area contributed by atoms with E-state index in [4.69, 9.17) is 18.9 Å². The van der Waals surface area contributed by atoms with E-state index in [1.807, 2.05) is 32.0 Å². The molecule has 0 aliphatic heterocycles. The average molecular weight is 311 g/mol. The first-order valence-electron chi connectivity index (χ1n) is 8.06. The highest BCUT2D eigenvalue weighted by Crippen LogP contribution is 2.25. The van der Waals surface area contributed by atoms with E-state index in [-0.39, 0.29) is 0 Å². The van der Waals surface area contributed by atoms with Gasteiger partial charge in [0, 0.05) is 31.4 Å². The molecular weight excluding hydrogens is 282 g/mol. The van der Waals surface area contributed by atoms with Gasteiger partial charge in [-0.2, -0.15) is 0 Å². The Morgan fingerprint density at radius 1 is 0.864 bits per heavy atom. The Bertz CT molecular complexity index is 398. The Labute approximate surface area is 133 Å². The quantitative estimate of drug-likeness (QED) is 0.568. The predicted molar refractivity (Wildman–Crippen MR) is 87.8 cm³/mol. The topological polar surface area (TPSA) is 49.0 Å². The average Bonchev–Trinajstić information content (AvgIpc) is 2.54. The van der Waals surface area contributed by atoms with E-state index in [1.54, 1.807) is 0 Å². The van der Waals surface area contributed by atoms with Crippen LogP contribution in [0, 0.1) is 0 Å². The summed E-state index contributed by atoms with van der Waals surface area (Å²) in [7, 11) is 0. The van der Waals surface area contributed by atoms with Crippen LogP contribution in [-0.2, 0) is 16.0 Å². The number of hydrogen-bond donors (Lipinski definition) is 1. The number of ether oxygens (including phenoxy) is 4. The predicted octanol–water partition coefficient (Wildman–Crippen LogP) is 2.63. The Morgan fingerprint density at radius 2 is 1.55 bits per heavy atom. The van der Waals surface area contributed by atoms with Gasteiger partial charge in [-0.25, -0.2) is 0 Å². The lowest BCUT2D eigenvalue weighted by Gasteiger charge is -2.14. The molecule has 1 N–H and O–H groups in total. The second-order valence-electron chi connectivity index (χ2n) is 4.64. The molecule has 1 rings (SSSR count). The maximum Gasteiger partial charge on any atom is 0.127 e. The molecule has 0 aliphatic carbocycles. The zero-order valence-electron chi connectivity index (χ0n) is 14.0. The number of nitrogens with one attached hydrogen (secondary N) is 1. The van der Waals surface area contributed by atoms with Crippen LogP contribution >= 0.6 is 0 Å². The molecule has 0 aromatic heterocycles. The van der Waals surface area contributed by atoms with Crippen LogP contribution in [0.1, 0.15) is 26.3 Å². The van der Waals surface area contributed by atoms with Gasteiger partial charge in [0.05, 0.1) is 13.2 Å². The molecule has 126 valence electrons. The summed E-state index contributed by atoms with van der Waals surface area (Å²) in [5.74, 6) is 1.64. The van der Waals surface area contributed by atoms with Gasteiger partial charge in [0.15, 0.2) is 0 Å². The van der Waals surface area contributed by atoms with Crippen molar-refractivity contribution in [1.29, 1.82) is 0 Å². The summed E-state index contributed by atoms with van der Waals surface area (Å²) < 4.78 is 22.1. The highest BCUT2D eigenvalue weighted by atomic mass is 16.5. The molecule has 0 spiro atoms. The van der Waals surface area contributed by atoms with Crippen LogP contribution in [0.2, 0.25) is 0 Å². The highest BCUT2D eigenvalue weighted by molar-refractivity contribution is 5.40. The summed E-state index contributed by atoms with van der Waals surface area (Å²) in [4.78, 5) is 0. The molecule has 0 radical (unpaired) electrons. The molecule has 0 amide bonds. The van der Waals surface area contributed by atoms with Crippen LogP contribution in [0.3, 0.4) is 0 Å². The fourth-order valence-electron chi connectivity index (χ4n) is 1.88. The molecule has 22 heavy (non-hydrogen) atoms. The first kappa shape index (κ1) is 18.7. The SMILES string of the molecule is CCNCc1ccc(OCCOCC)cc1OCCOCC. The maximum atomic E-state index is 5.83. The number of rotatable bonds is 13. The van der Waals surface area contributed by atoms with Gasteiger partial charge < -0.3 is 24.3 Å². The summed E-state index contributed by atoms with van der Waals surface area (Å²) in [6.07, 6.45) is 0. The van der Waals surface area contributed by atoms with Crippen molar-refractivity contribution in [2.24, 2.45) is 0 Å². The van der Waals surface area contributed by atoms with Crippen molar-refractivity contribution in [3.05, 3.63) is 23.8 Å². The van der Waals surface area contributed by atoms with Crippen LogP contribution in [0.25, 0.3) is 0 Å². The van der Waals surface area contributed by atoms with Crippen molar-refractivity contribution in [3.63, 3.8) is 0 Å². The Balaban J connectivity index is 2.59. The van der Waals surface area contributed by atoms with Crippen LogP contribution in [0.4, 0.5) is 0 Å². The fourth-order valence-corrected chi connectivity index (χ4v) is 1.88. The highest BCUT2D eigenvalue weighted by Gasteiger charge is 2.06. The van der Waals surface area contributed by atoms with E-state index >= 15 is 0 Å². The van der Waals surface area contributed by atoms with Crippen LogP contribution in [0.5, 0.6) is 11.5 Å². The van der Waals surface area contributed by atoms with Gasteiger partial charge in [-0.1, -0.05) is 13.0 Å². The van der Waals surface area contributed by atoms with Crippen molar-refractivity contribution >= 4 is 0 Å². The minimum Gasteiger partial charge on any atom is -0.491 e. The molecular formula is C17H29NO4. The minimum atomic E-state index is 0.537. The van der Waals surface area contributed by atoms with Gasteiger partial charge in [-0.15, -0.1) is 0 Å². The normalized spacial score (nSPS) is 10.7. The Morgan fingerprint density at radius 3 is 2.18 bits per heavy atom. The third-order valence-electron chi connectivity index (χ3n) is 2.99. The van der Waals surface area contributed by atoms with Gasteiger partial charge in [-0.3, -0.25) is 0 Å². The molecule has 0 heterocycles.